The van der Waals surface area contributed by atoms with E-state index in [1.165, 1.54) is 6.07 Å². The minimum Gasteiger partial charge on any atom is -0.478 e. The van der Waals surface area contributed by atoms with E-state index in [-0.39, 0.29) is 23.0 Å². The molecule has 1 saturated heterocycles. The highest BCUT2D eigenvalue weighted by atomic mass is 19.1. The van der Waals surface area contributed by atoms with Gasteiger partial charge in [-0.3, -0.25) is 0 Å². The minimum atomic E-state index is -1.17. The van der Waals surface area contributed by atoms with E-state index >= 15 is 0 Å². The van der Waals surface area contributed by atoms with Crippen molar-refractivity contribution in [2.24, 2.45) is 0 Å². The molecule has 0 saturated carbocycles. The molecule has 0 spiro atoms. The van der Waals surface area contributed by atoms with Crippen LogP contribution >= 0.6 is 0 Å². The summed E-state index contributed by atoms with van der Waals surface area (Å²) < 4.78 is 19.0. The predicted octanol–water partition coefficient (Wildman–Crippen LogP) is 1.70. The van der Waals surface area contributed by atoms with Crippen LogP contribution in [-0.4, -0.2) is 30.3 Å². The first-order valence-corrected chi connectivity index (χ1v) is 5.75. The highest BCUT2D eigenvalue weighted by Crippen LogP contribution is 2.23. The highest BCUT2D eigenvalue weighted by Gasteiger charge is 2.17. The smallest absolute Gasteiger partial charge is 0.337 e. The fraction of sp³-hybridized carbons (Fsp3) is 0.417. The molecule has 1 heterocycles. The number of nitrogen functional groups attached to an aromatic ring is 1. The molecule has 4 N–H and O–H groups in total. The molecule has 1 unspecified atom stereocenters. The van der Waals surface area contributed by atoms with E-state index in [0.717, 1.165) is 25.5 Å². The van der Waals surface area contributed by atoms with E-state index in [1.807, 2.05) is 0 Å². The molecule has 0 bridgehead atoms. The van der Waals surface area contributed by atoms with Gasteiger partial charge in [0.1, 0.15) is 5.82 Å². The maximum absolute atomic E-state index is 13.6. The largest absolute Gasteiger partial charge is 0.478 e. The lowest BCUT2D eigenvalue weighted by molar-refractivity contribution is 0.0698. The van der Waals surface area contributed by atoms with Crippen molar-refractivity contribution < 1.29 is 19.0 Å². The van der Waals surface area contributed by atoms with Gasteiger partial charge in [-0.15, -0.1) is 0 Å². The second-order valence-electron chi connectivity index (χ2n) is 4.24. The summed E-state index contributed by atoms with van der Waals surface area (Å²) in [7, 11) is 0. The molecule has 2 rings (SSSR count). The molecule has 5 nitrogen and oxygen atoms in total. The Morgan fingerprint density at radius 3 is 3.00 bits per heavy atom. The monoisotopic (exact) mass is 254 g/mol. The number of nitrogens with one attached hydrogen (secondary N) is 1. The van der Waals surface area contributed by atoms with Crippen molar-refractivity contribution >= 4 is 17.3 Å². The van der Waals surface area contributed by atoms with Gasteiger partial charge >= 0.3 is 5.97 Å². The maximum Gasteiger partial charge on any atom is 0.337 e. The Balaban J connectivity index is 2.11. The molecule has 1 atom stereocenters. The van der Waals surface area contributed by atoms with Crippen LogP contribution in [-0.2, 0) is 4.74 Å². The SMILES string of the molecule is Nc1cc(F)c(NCC2CCCO2)cc1C(=O)O. The topological polar surface area (TPSA) is 84.6 Å². The van der Waals surface area contributed by atoms with Gasteiger partial charge < -0.3 is 20.9 Å². The zero-order valence-corrected chi connectivity index (χ0v) is 9.78. The highest BCUT2D eigenvalue weighted by molar-refractivity contribution is 5.94. The van der Waals surface area contributed by atoms with E-state index in [4.69, 9.17) is 15.6 Å². The van der Waals surface area contributed by atoms with Crippen LogP contribution < -0.4 is 11.1 Å². The average Bonchev–Trinajstić information content (AvgIpc) is 2.80. The Labute approximate surface area is 104 Å². The number of hydrogen-bond donors (Lipinski definition) is 3. The standard InChI is InChI=1S/C12H15FN2O3/c13-9-5-10(14)8(12(16)17)4-11(9)15-6-7-2-1-3-18-7/h4-5,7,15H,1-3,6,14H2,(H,16,17). The number of benzene rings is 1. The van der Waals surface area contributed by atoms with Gasteiger partial charge in [-0.1, -0.05) is 0 Å². The molecular formula is C12H15FN2O3. The predicted molar refractivity (Wildman–Crippen MR) is 65.2 cm³/mol. The molecule has 1 aromatic rings. The fourth-order valence-corrected chi connectivity index (χ4v) is 1.94. The van der Waals surface area contributed by atoms with E-state index < -0.39 is 11.8 Å². The summed E-state index contributed by atoms with van der Waals surface area (Å²) in [5.41, 5.74) is 5.39. The molecule has 98 valence electrons. The van der Waals surface area contributed by atoms with E-state index in [2.05, 4.69) is 5.32 Å². The van der Waals surface area contributed by atoms with Crippen molar-refractivity contribution in [1.82, 2.24) is 0 Å². The molecule has 0 aliphatic carbocycles. The van der Waals surface area contributed by atoms with E-state index in [1.54, 1.807) is 0 Å². The Morgan fingerprint density at radius 1 is 1.61 bits per heavy atom. The summed E-state index contributed by atoms with van der Waals surface area (Å²) >= 11 is 0. The van der Waals surface area contributed by atoms with Crippen molar-refractivity contribution in [2.75, 3.05) is 24.2 Å². The third kappa shape index (κ3) is 2.70. The summed E-state index contributed by atoms with van der Waals surface area (Å²) in [5, 5.41) is 11.8. The lowest BCUT2D eigenvalue weighted by Crippen LogP contribution is -2.19. The fourth-order valence-electron chi connectivity index (χ4n) is 1.94. The molecule has 0 radical (unpaired) electrons. The van der Waals surface area contributed by atoms with Crippen LogP contribution in [0, 0.1) is 5.82 Å². The van der Waals surface area contributed by atoms with Gasteiger partial charge in [0, 0.05) is 18.8 Å². The number of rotatable bonds is 4. The van der Waals surface area contributed by atoms with Gasteiger partial charge in [0.2, 0.25) is 0 Å². The summed E-state index contributed by atoms with van der Waals surface area (Å²) in [5.74, 6) is -1.73. The van der Waals surface area contributed by atoms with Gasteiger partial charge in [-0.2, -0.15) is 0 Å². The Bertz CT molecular complexity index is 459. The summed E-state index contributed by atoms with van der Waals surface area (Å²) in [6.07, 6.45) is 1.97. The first-order chi connectivity index (χ1) is 8.58. The van der Waals surface area contributed by atoms with E-state index in [0.29, 0.717) is 6.54 Å². The number of nitrogens with two attached hydrogens (primary N) is 1. The normalized spacial score (nSPS) is 18.8. The first-order valence-electron chi connectivity index (χ1n) is 5.75. The maximum atomic E-state index is 13.6. The molecule has 1 fully saturated rings. The Kier molecular flexibility index (Phi) is 3.66. The Hall–Kier alpha value is -1.82. The molecule has 6 heteroatoms. The number of carbonyl (C=O) groups is 1. The van der Waals surface area contributed by atoms with Crippen molar-refractivity contribution in [3.05, 3.63) is 23.5 Å². The number of halogens is 1. The molecule has 18 heavy (non-hydrogen) atoms. The van der Waals surface area contributed by atoms with Crippen molar-refractivity contribution in [3.63, 3.8) is 0 Å². The number of ether oxygens (including phenoxy) is 1. The van der Waals surface area contributed by atoms with Crippen LogP contribution in [0.4, 0.5) is 15.8 Å². The van der Waals surface area contributed by atoms with Crippen molar-refractivity contribution in [3.8, 4) is 0 Å². The molecule has 1 aromatic carbocycles. The molecule has 1 aliphatic rings. The zero-order valence-electron chi connectivity index (χ0n) is 9.78. The average molecular weight is 254 g/mol. The number of carboxylic acid groups (broad SMARTS) is 1. The Morgan fingerprint density at radius 2 is 2.39 bits per heavy atom. The van der Waals surface area contributed by atoms with Gasteiger partial charge in [0.05, 0.1) is 17.4 Å². The minimum absolute atomic E-state index is 0.0511. The van der Waals surface area contributed by atoms with Crippen LogP contribution in [0.1, 0.15) is 23.2 Å². The van der Waals surface area contributed by atoms with Crippen LogP contribution in [0.5, 0.6) is 0 Å². The third-order valence-electron chi connectivity index (χ3n) is 2.91. The number of hydrogen-bond acceptors (Lipinski definition) is 4. The summed E-state index contributed by atoms with van der Waals surface area (Å²) in [6, 6.07) is 2.23. The van der Waals surface area contributed by atoms with Crippen molar-refractivity contribution in [1.29, 1.82) is 0 Å². The summed E-state index contributed by atoms with van der Waals surface area (Å²) in [4.78, 5) is 10.9. The van der Waals surface area contributed by atoms with Crippen LogP contribution in [0.2, 0.25) is 0 Å². The van der Waals surface area contributed by atoms with Gasteiger partial charge in [0.15, 0.2) is 0 Å². The zero-order chi connectivity index (χ0) is 13.1. The van der Waals surface area contributed by atoms with E-state index in [9.17, 15) is 9.18 Å². The second-order valence-corrected chi connectivity index (χ2v) is 4.24. The lowest BCUT2D eigenvalue weighted by atomic mass is 10.1. The van der Waals surface area contributed by atoms with Gasteiger partial charge in [0.25, 0.3) is 0 Å². The lowest BCUT2D eigenvalue weighted by Gasteiger charge is -2.13. The number of anilines is 2. The third-order valence-corrected chi connectivity index (χ3v) is 2.91. The quantitative estimate of drug-likeness (QED) is 0.712. The van der Waals surface area contributed by atoms with Gasteiger partial charge in [-0.05, 0) is 25.0 Å². The van der Waals surface area contributed by atoms with Gasteiger partial charge in [-0.25, -0.2) is 9.18 Å². The summed E-state index contributed by atoms with van der Waals surface area (Å²) in [6.45, 7) is 1.18. The molecular weight excluding hydrogens is 239 g/mol. The molecule has 1 aliphatic heterocycles. The second kappa shape index (κ2) is 5.22. The van der Waals surface area contributed by atoms with Crippen molar-refractivity contribution in [2.45, 2.75) is 18.9 Å². The number of carboxylic acids is 1. The number of aromatic carboxylic acids is 1. The molecule has 0 aromatic heterocycles. The van der Waals surface area contributed by atoms with Crippen LogP contribution in [0.15, 0.2) is 12.1 Å². The molecule has 0 amide bonds. The van der Waals surface area contributed by atoms with Crippen LogP contribution in [0.3, 0.4) is 0 Å². The first kappa shape index (κ1) is 12.6. The van der Waals surface area contributed by atoms with Crippen LogP contribution in [0.25, 0.3) is 0 Å².